The number of primary amides is 1. The standard InChI is InChI=1S/C19H22N2O3/c20-19(23)15-10-11-21(13-15)18(22)9-4-12-24-17-8-3-6-14-5-1-2-7-16(14)17/h1-3,5-8,15H,4,9-13H2,(H2,20,23). The number of carbonyl (C=O) groups is 2. The van der Waals surface area contributed by atoms with Crippen LogP contribution in [0, 0.1) is 5.92 Å². The SMILES string of the molecule is NC(=O)C1CCN(C(=O)CCCOc2cccc3ccccc23)C1. The molecule has 2 N–H and O–H groups in total. The third-order valence-electron chi connectivity index (χ3n) is 4.49. The smallest absolute Gasteiger partial charge is 0.222 e. The summed E-state index contributed by atoms with van der Waals surface area (Å²) in [4.78, 5) is 25.0. The molecule has 0 saturated carbocycles. The quantitative estimate of drug-likeness (QED) is 0.828. The summed E-state index contributed by atoms with van der Waals surface area (Å²) in [5.74, 6) is 0.404. The summed E-state index contributed by atoms with van der Waals surface area (Å²) in [6.45, 7) is 1.57. The van der Waals surface area contributed by atoms with Crippen molar-refractivity contribution in [3.8, 4) is 5.75 Å². The van der Waals surface area contributed by atoms with Crippen molar-refractivity contribution in [1.29, 1.82) is 0 Å². The first kappa shape index (κ1) is 16.3. The van der Waals surface area contributed by atoms with Gasteiger partial charge >= 0.3 is 0 Å². The minimum atomic E-state index is -0.315. The van der Waals surface area contributed by atoms with Crippen molar-refractivity contribution >= 4 is 22.6 Å². The summed E-state index contributed by atoms with van der Waals surface area (Å²) >= 11 is 0. The molecule has 126 valence electrons. The largest absolute Gasteiger partial charge is 0.493 e. The molecule has 1 aliphatic heterocycles. The van der Waals surface area contributed by atoms with E-state index in [1.54, 1.807) is 4.90 Å². The summed E-state index contributed by atoms with van der Waals surface area (Å²) in [7, 11) is 0. The maximum atomic E-state index is 12.2. The number of fused-ring (bicyclic) bond motifs is 1. The lowest BCUT2D eigenvalue weighted by molar-refractivity contribution is -0.130. The number of ether oxygens (including phenoxy) is 1. The molecule has 1 heterocycles. The topological polar surface area (TPSA) is 72.6 Å². The van der Waals surface area contributed by atoms with E-state index < -0.39 is 0 Å². The van der Waals surface area contributed by atoms with Crippen molar-refractivity contribution < 1.29 is 14.3 Å². The molecule has 0 aromatic heterocycles. The molecule has 5 heteroatoms. The molecular formula is C19H22N2O3. The first-order valence-electron chi connectivity index (χ1n) is 8.33. The Balaban J connectivity index is 1.47. The lowest BCUT2D eigenvalue weighted by Gasteiger charge is -2.16. The van der Waals surface area contributed by atoms with Crippen LogP contribution in [0.25, 0.3) is 10.8 Å². The third-order valence-corrected chi connectivity index (χ3v) is 4.49. The van der Waals surface area contributed by atoms with Gasteiger partial charge in [0.1, 0.15) is 5.75 Å². The molecule has 1 atom stereocenters. The van der Waals surface area contributed by atoms with E-state index in [2.05, 4.69) is 0 Å². The van der Waals surface area contributed by atoms with Gasteiger partial charge in [0.05, 0.1) is 12.5 Å². The van der Waals surface area contributed by atoms with Crippen LogP contribution in [0.3, 0.4) is 0 Å². The number of benzene rings is 2. The summed E-state index contributed by atoms with van der Waals surface area (Å²) in [5, 5.41) is 2.22. The Morgan fingerprint density at radius 3 is 2.75 bits per heavy atom. The number of nitrogens with zero attached hydrogens (tertiary/aromatic N) is 1. The van der Waals surface area contributed by atoms with Gasteiger partial charge in [-0.2, -0.15) is 0 Å². The van der Waals surface area contributed by atoms with Gasteiger partial charge in [-0.1, -0.05) is 36.4 Å². The maximum Gasteiger partial charge on any atom is 0.222 e. The van der Waals surface area contributed by atoms with Crippen LogP contribution in [0.4, 0.5) is 0 Å². The predicted molar refractivity (Wildman–Crippen MR) is 92.6 cm³/mol. The fourth-order valence-electron chi connectivity index (χ4n) is 3.10. The second-order valence-corrected chi connectivity index (χ2v) is 6.16. The van der Waals surface area contributed by atoms with Crippen molar-refractivity contribution in [2.24, 2.45) is 11.7 Å². The zero-order chi connectivity index (χ0) is 16.9. The van der Waals surface area contributed by atoms with Crippen LogP contribution in [0.1, 0.15) is 19.3 Å². The van der Waals surface area contributed by atoms with Gasteiger partial charge in [-0.15, -0.1) is 0 Å². The molecule has 5 nitrogen and oxygen atoms in total. The number of rotatable bonds is 6. The normalized spacial score (nSPS) is 17.2. The monoisotopic (exact) mass is 326 g/mol. The number of hydrogen-bond donors (Lipinski definition) is 1. The lowest BCUT2D eigenvalue weighted by atomic mass is 10.1. The van der Waals surface area contributed by atoms with Crippen molar-refractivity contribution in [2.75, 3.05) is 19.7 Å². The Hall–Kier alpha value is -2.56. The van der Waals surface area contributed by atoms with Crippen LogP contribution in [0.5, 0.6) is 5.75 Å². The number of amides is 2. The third kappa shape index (κ3) is 3.67. The van der Waals surface area contributed by atoms with Crippen molar-refractivity contribution in [1.82, 2.24) is 4.90 Å². The Labute approximate surface area is 141 Å². The molecule has 1 fully saturated rings. The van der Waals surface area contributed by atoms with E-state index >= 15 is 0 Å². The number of hydrogen-bond acceptors (Lipinski definition) is 3. The summed E-state index contributed by atoms with van der Waals surface area (Å²) in [6, 6.07) is 14.0. The molecular weight excluding hydrogens is 304 g/mol. The highest BCUT2D eigenvalue weighted by Crippen LogP contribution is 2.25. The Morgan fingerprint density at radius 2 is 1.96 bits per heavy atom. The van der Waals surface area contributed by atoms with Gasteiger partial charge in [0, 0.05) is 24.9 Å². The van der Waals surface area contributed by atoms with Crippen molar-refractivity contribution in [2.45, 2.75) is 19.3 Å². The van der Waals surface area contributed by atoms with Gasteiger partial charge in [0.2, 0.25) is 11.8 Å². The van der Waals surface area contributed by atoms with Gasteiger partial charge in [0.15, 0.2) is 0 Å². The number of nitrogens with two attached hydrogens (primary N) is 1. The Bertz CT molecular complexity index is 739. The molecule has 0 spiro atoms. The molecule has 2 aromatic carbocycles. The predicted octanol–water partition coefficient (Wildman–Crippen LogP) is 2.33. The summed E-state index contributed by atoms with van der Waals surface area (Å²) in [5.41, 5.74) is 5.29. The molecule has 1 aliphatic rings. The summed E-state index contributed by atoms with van der Waals surface area (Å²) in [6.07, 6.45) is 1.75. The van der Waals surface area contributed by atoms with E-state index in [4.69, 9.17) is 10.5 Å². The molecule has 0 aliphatic carbocycles. The maximum absolute atomic E-state index is 12.2. The molecule has 2 aromatic rings. The van der Waals surface area contributed by atoms with Gasteiger partial charge < -0.3 is 15.4 Å². The van der Waals surface area contributed by atoms with Gasteiger partial charge in [-0.05, 0) is 24.3 Å². The van der Waals surface area contributed by atoms with E-state index in [-0.39, 0.29) is 17.7 Å². The van der Waals surface area contributed by atoms with Crippen LogP contribution in [0.15, 0.2) is 42.5 Å². The average molecular weight is 326 g/mol. The van der Waals surface area contributed by atoms with E-state index in [0.29, 0.717) is 39.0 Å². The molecule has 1 saturated heterocycles. The zero-order valence-electron chi connectivity index (χ0n) is 13.6. The van der Waals surface area contributed by atoms with Crippen LogP contribution in [-0.4, -0.2) is 36.4 Å². The molecule has 24 heavy (non-hydrogen) atoms. The Morgan fingerprint density at radius 1 is 1.17 bits per heavy atom. The molecule has 3 rings (SSSR count). The minimum absolute atomic E-state index is 0.0697. The van der Waals surface area contributed by atoms with Crippen LogP contribution in [-0.2, 0) is 9.59 Å². The second kappa shape index (κ2) is 7.34. The van der Waals surface area contributed by atoms with Gasteiger partial charge in [-0.3, -0.25) is 9.59 Å². The molecule has 1 unspecified atom stereocenters. The highest BCUT2D eigenvalue weighted by Gasteiger charge is 2.29. The Kier molecular flexibility index (Phi) is 4.99. The molecule has 0 radical (unpaired) electrons. The molecule has 0 bridgehead atoms. The lowest BCUT2D eigenvalue weighted by Crippen LogP contribution is -2.31. The summed E-state index contributed by atoms with van der Waals surface area (Å²) < 4.78 is 5.85. The zero-order valence-corrected chi connectivity index (χ0v) is 13.6. The highest BCUT2D eigenvalue weighted by molar-refractivity contribution is 5.88. The fourth-order valence-corrected chi connectivity index (χ4v) is 3.10. The number of likely N-dealkylation sites (tertiary alicyclic amines) is 1. The van der Waals surface area contributed by atoms with Crippen LogP contribution < -0.4 is 10.5 Å². The minimum Gasteiger partial charge on any atom is -0.493 e. The van der Waals surface area contributed by atoms with Crippen molar-refractivity contribution in [3.05, 3.63) is 42.5 Å². The highest BCUT2D eigenvalue weighted by atomic mass is 16.5. The van der Waals surface area contributed by atoms with E-state index in [1.807, 2.05) is 42.5 Å². The van der Waals surface area contributed by atoms with Crippen LogP contribution in [0.2, 0.25) is 0 Å². The van der Waals surface area contributed by atoms with Crippen LogP contribution >= 0.6 is 0 Å². The molecule has 2 amide bonds. The van der Waals surface area contributed by atoms with E-state index in [9.17, 15) is 9.59 Å². The van der Waals surface area contributed by atoms with Gasteiger partial charge in [0.25, 0.3) is 0 Å². The average Bonchev–Trinajstić information content (AvgIpc) is 3.09. The van der Waals surface area contributed by atoms with E-state index in [1.165, 1.54) is 0 Å². The van der Waals surface area contributed by atoms with Gasteiger partial charge in [-0.25, -0.2) is 0 Å². The first-order chi connectivity index (χ1) is 11.6. The first-order valence-corrected chi connectivity index (χ1v) is 8.33. The fraction of sp³-hybridized carbons (Fsp3) is 0.368. The number of carbonyl (C=O) groups excluding carboxylic acids is 2. The van der Waals surface area contributed by atoms with Crippen molar-refractivity contribution in [3.63, 3.8) is 0 Å². The second-order valence-electron chi connectivity index (χ2n) is 6.16. The van der Waals surface area contributed by atoms with E-state index in [0.717, 1.165) is 16.5 Å².